The molecule has 1 spiro atoms. The van der Waals surface area contributed by atoms with Gasteiger partial charge in [-0.2, -0.15) is 0 Å². The van der Waals surface area contributed by atoms with E-state index in [0.717, 1.165) is 34.5 Å². The number of carbonyl (C=O) groups excluding carboxylic acids is 2. The van der Waals surface area contributed by atoms with Crippen LogP contribution in [0.3, 0.4) is 0 Å². The molecule has 2 aliphatic rings. The van der Waals surface area contributed by atoms with Crippen LogP contribution < -0.4 is 14.5 Å². The van der Waals surface area contributed by atoms with Gasteiger partial charge in [0.15, 0.2) is 13.9 Å². The number of ether oxygens (including phenoxy) is 2. The van der Waals surface area contributed by atoms with Crippen LogP contribution in [0, 0.1) is 5.92 Å². The third-order valence-corrected chi connectivity index (χ3v) is 13.3. The van der Waals surface area contributed by atoms with Crippen molar-refractivity contribution < 1.29 is 29.0 Å². The number of aryl methyl sites for hydroxylation is 1. The Morgan fingerprint density at radius 3 is 2.32 bits per heavy atom. The van der Waals surface area contributed by atoms with Gasteiger partial charge in [0.2, 0.25) is 6.41 Å². The number of fused-ring (bicyclic) bond motifs is 2. The van der Waals surface area contributed by atoms with Crippen molar-refractivity contribution >= 4 is 37.7 Å². The molecule has 0 bridgehead atoms. The first-order chi connectivity index (χ1) is 25.6. The molecule has 0 radical (unpaired) electrons. The van der Waals surface area contributed by atoms with E-state index in [1.165, 1.54) is 0 Å². The van der Waals surface area contributed by atoms with E-state index in [-0.39, 0.29) is 36.4 Å². The number of hydrogen-bond acceptors (Lipinski definition) is 8. The van der Waals surface area contributed by atoms with Crippen molar-refractivity contribution in [1.82, 2.24) is 15.0 Å². The number of para-hydroxylation sites is 1. The summed E-state index contributed by atoms with van der Waals surface area (Å²) in [5, 5.41) is 18.9. The fraction of sp³-hybridized carbons (Fsp3) is 0.317. The summed E-state index contributed by atoms with van der Waals surface area (Å²) >= 11 is 0. The van der Waals surface area contributed by atoms with Gasteiger partial charge in [0.25, 0.3) is 5.91 Å². The molecule has 2 N–H and O–H groups in total. The Bertz CT molecular complexity index is 2050. The maximum atomic E-state index is 14.9. The zero-order valence-electron chi connectivity index (χ0n) is 30.4. The Morgan fingerprint density at radius 2 is 1.68 bits per heavy atom. The number of hydrogen-bond donors (Lipinski definition) is 2. The van der Waals surface area contributed by atoms with Crippen molar-refractivity contribution in [2.24, 2.45) is 5.92 Å². The lowest BCUT2D eigenvalue weighted by atomic mass is 9.82. The molecule has 2 amide bonds. The van der Waals surface area contributed by atoms with Gasteiger partial charge in [0, 0.05) is 41.1 Å². The molecule has 2 aliphatic heterocycles. The van der Waals surface area contributed by atoms with Crippen molar-refractivity contribution in [2.75, 3.05) is 23.5 Å². The van der Waals surface area contributed by atoms with Gasteiger partial charge in [-0.3, -0.25) is 19.2 Å². The number of nitrogens with zero attached hydrogens (tertiary/aromatic N) is 5. The molecule has 1 aromatic heterocycles. The van der Waals surface area contributed by atoms with Gasteiger partial charge in [-0.15, -0.1) is 5.10 Å². The summed E-state index contributed by atoms with van der Waals surface area (Å²) in [5.41, 5.74) is 3.83. The standard InChI is InChI=1S/C41H45N5O6Si/c1-28-39(53(3,4)50)38(21-22-44-25-36(42-43-44)34(26-47)30-11-7-5-8-12-30)52-41(28)35-23-33(51-2)19-20-37(35)45(40(41)49)24-29-15-17-32(18-16-29)46(27-48)31-13-9-6-10-14-31/h5-20,23,25,27-28,34,38-39,47,50H,21-22,24,26H2,1-4H3/t28-,34?,38+,39-,41+/m0/s1. The van der Waals surface area contributed by atoms with Gasteiger partial charge in [0.05, 0.1) is 43.7 Å². The van der Waals surface area contributed by atoms with Gasteiger partial charge in [-0.25, -0.2) is 0 Å². The minimum absolute atomic E-state index is 0.0998. The lowest BCUT2D eigenvalue weighted by Gasteiger charge is -2.32. The molecule has 274 valence electrons. The third kappa shape index (κ3) is 6.67. The molecule has 0 saturated carbocycles. The Labute approximate surface area is 310 Å². The number of rotatable bonds is 13. The van der Waals surface area contributed by atoms with Crippen LogP contribution in [0.15, 0.2) is 109 Å². The Kier molecular flexibility index (Phi) is 10.1. The fourth-order valence-corrected chi connectivity index (χ4v) is 10.9. The van der Waals surface area contributed by atoms with Crippen molar-refractivity contribution in [1.29, 1.82) is 0 Å². The van der Waals surface area contributed by atoms with E-state index in [0.29, 0.717) is 30.1 Å². The van der Waals surface area contributed by atoms with Gasteiger partial charge in [0.1, 0.15) is 5.75 Å². The lowest BCUT2D eigenvalue weighted by Crippen LogP contribution is -2.46. The highest BCUT2D eigenvalue weighted by molar-refractivity contribution is 6.71. The van der Waals surface area contributed by atoms with Crippen molar-refractivity contribution in [3.63, 3.8) is 0 Å². The van der Waals surface area contributed by atoms with Crippen LogP contribution >= 0.6 is 0 Å². The van der Waals surface area contributed by atoms with E-state index in [2.05, 4.69) is 10.3 Å². The average Bonchev–Trinajstić information content (AvgIpc) is 3.82. The first kappa shape index (κ1) is 36.2. The van der Waals surface area contributed by atoms with Crippen LogP contribution in [0.2, 0.25) is 18.6 Å². The molecule has 11 nitrogen and oxygen atoms in total. The van der Waals surface area contributed by atoms with Gasteiger partial charge >= 0.3 is 0 Å². The van der Waals surface area contributed by atoms with Crippen molar-refractivity contribution in [3.05, 3.63) is 132 Å². The maximum absolute atomic E-state index is 14.9. The summed E-state index contributed by atoms with van der Waals surface area (Å²) in [4.78, 5) is 42.1. The molecule has 7 rings (SSSR count). The lowest BCUT2D eigenvalue weighted by molar-refractivity contribution is -0.146. The first-order valence-corrected chi connectivity index (χ1v) is 21.0. The summed E-state index contributed by atoms with van der Waals surface area (Å²) in [6.07, 6.45) is 2.69. The minimum Gasteiger partial charge on any atom is -0.497 e. The summed E-state index contributed by atoms with van der Waals surface area (Å²) in [6, 6.07) is 32.4. The molecule has 5 aromatic rings. The SMILES string of the molecule is COc1ccc2c(c1)[C@@]1(O[C@H](CCn3cc(C(CO)c4ccccc4)nn3)[C@@H]([Si](C)(C)O)[C@@H]1C)C(=O)N2Cc1ccc(N(C=O)c2ccccc2)cc1. The Hall–Kier alpha value is -5.14. The maximum Gasteiger partial charge on any atom is 0.264 e. The summed E-state index contributed by atoms with van der Waals surface area (Å²) in [7, 11) is -1.30. The molecule has 1 unspecified atom stereocenters. The molecule has 0 aliphatic carbocycles. The van der Waals surface area contributed by atoms with Crippen molar-refractivity contribution in [2.45, 2.75) is 62.7 Å². The Balaban J connectivity index is 1.16. The second-order valence-electron chi connectivity index (χ2n) is 14.5. The second-order valence-corrected chi connectivity index (χ2v) is 18.4. The quantitative estimate of drug-likeness (QED) is 0.109. The highest BCUT2D eigenvalue weighted by Gasteiger charge is 2.66. The van der Waals surface area contributed by atoms with Gasteiger partial charge in [-0.1, -0.05) is 72.8 Å². The number of benzene rings is 4. The molecule has 1 saturated heterocycles. The third-order valence-electron chi connectivity index (χ3n) is 10.8. The van der Waals surface area contributed by atoms with E-state index in [1.54, 1.807) is 21.6 Å². The fourth-order valence-electron chi connectivity index (χ4n) is 8.31. The van der Waals surface area contributed by atoms with E-state index >= 15 is 0 Å². The zero-order chi connectivity index (χ0) is 37.3. The van der Waals surface area contributed by atoms with E-state index < -0.39 is 20.0 Å². The monoisotopic (exact) mass is 731 g/mol. The summed E-state index contributed by atoms with van der Waals surface area (Å²) in [5.74, 6) is -0.218. The number of aromatic nitrogens is 3. The van der Waals surface area contributed by atoms with Gasteiger partial charge in [-0.05, 0) is 73.1 Å². The predicted octanol–water partition coefficient (Wildman–Crippen LogP) is 6.14. The van der Waals surface area contributed by atoms with E-state index in [4.69, 9.17) is 9.47 Å². The van der Waals surface area contributed by atoms with Crippen LogP contribution in [0.5, 0.6) is 5.75 Å². The molecular formula is C41H45N5O6Si. The van der Waals surface area contributed by atoms with Crippen LogP contribution in [0.1, 0.15) is 41.6 Å². The van der Waals surface area contributed by atoms with Crippen LogP contribution in [0.25, 0.3) is 0 Å². The van der Waals surface area contributed by atoms with Crippen molar-refractivity contribution in [3.8, 4) is 5.75 Å². The number of carbonyl (C=O) groups is 2. The molecule has 4 aromatic carbocycles. The molecule has 3 heterocycles. The smallest absolute Gasteiger partial charge is 0.264 e. The number of aliphatic hydroxyl groups excluding tert-OH is 1. The Morgan fingerprint density at radius 1 is 1.00 bits per heavy atom. The minimum atomic E-state index is -2.90. The molecule has 53 heavy (non-hydrogen) atoms. The highest BCUT2D eigenvalue weighted by Crippen LogP contribution is 2.60. The molecular weight excluding hydrogens is 687 g/mol. The number of amides is 2. The summed E-state index contributed by atoms with van der Waals surface area (Å²) < 4.78 is 14.4. The largest absolute Gasteiger partial charge is 0.497 e. The van der Waals surface area contributed by atoms with Gasteiger partial charge < -0.3 is 24.3 Å². The first-order valence-electron chi connectivity index (χ1n) is 17.9. The number of methoxy groups -OCH3 is 1. The molecule has 12 heteroatoms. The van der Waals surface area contributed by atoms with Crippen LogP contribution in [-0.2, 0) is 33.0 Å². The zero-order valence-corrected chi connectivity index (χ0v) is 31.4. The van der Waals surface area contributed by atoms with Crippen LogP contribution in [-0.4, -0.2) is 65.4 Å². The second kappa shape index (κ2) is 14.7. The van der Waals surface area contributed by atoms with E-state index in [9.17, 15) is 19.5 Å². The highest BCUT2D eigenvalue weighted by atomic mass is 28.4. The summed E-state index contributed by atoms with van der Waals surface area (Å²) in [6.45, 7) is 6.47. The molecule has 5 atom stereocenters. The average molecular weight is 732 g/mol. The van der Waals surface area contributed by atoms with E-state index in [1.807, 2.05) is 129 Å². The topological polar surface area (TPSA) is 130 Å². The number of aliphatic hydroxyl groups is 1. The van der Waals surface area contributed by atoms with Crippen LogP contribution in [0.4, 0.5) is 17.1 Å². The molecule has 1 fully saturated rings. The normalized spacial score (nSPS) is 21.5. The predicted molar refractivity (Wildman–Crippen MR) is 204 cm³/mol. The number of anilines is 3.